The number of nitrogens with zero attached hydrogens (tertiary/aromatic N) is 2. The number of halogens is 1. The van der Waals surface area contributed by atoms with Crippen LogP contribution >= 0.6 is 11.6 Å². The summed E-state index contributed by atoms with van der Waals surface area (Å²) in [4.78, 5) is 12.4. The number of ether oxygens (including phenoxy) is 1. The SMILES string of the molecule is N#Cc1ccc(CNc2cc(C(=O)OCc3ccc(C#N)cc3)ccc2Cl)cc1. The lowest BCUT2D eigenvalue weighted by atomic mass is 10.1. The summed E-state index contributed by atoms with van der Waals surface area (Å²) < 4.78 is 5.35. The van der Waals surface area contributed by atoms with Crippen LogP contribution in [0.4, 0.5) is 5.69 Å². The summed E-state index contributed by atoms with van der Waals surface area (Å²) in [5.74, 6) is -0.465. The van der Waals surface area contributed by atoms with Crippen LogP contribution in [0, 0.1) is 22.7 Å². The van der Waals surface area contributed by atoms with Crippen LogP contribution in [0.3, 0.4) is 0 Å². The molecule has 0 unspecified atom stereocenters. The molecule has 6 heteroatoms. The van der Waals surface area contributed by atoms with E-state index in [4.69, 9.17) is 26.9 Å². The molecular weight excluding hydrogens is 386 g/mol. The summed E-state index contributed by atoms with van der Waals surface area (Å²) in [5, 5.41) is 21.4. The van der Waals surface area contributed by atoms with E-state index in [1.165, 1.54) is 0 Å². The highest BCUT2D eigenvalue weighted by Gasteiger charge is 2.11. The minimum absolute atomic E-state index is 0.112. The summed E-state index contributed by atoms with van der Waals surface area (Å²) in [6, 6.07) is 23.1. The van der Waals surface area contributed by atoms with Gasteiger partial charge in [-0.2, -0.15) is 10.5 Å². The lowest BCUT2D eigenvalue weighted by Gasteiger charge is -2.11. The maximum absolute atomic E-state index is 12.4. The summed E-state index contributed by atoms with van der Waals surface area (Å²) in [6.45, 7) is 0.607. The zero-order valence-electron chi connectivity index (χ0n) is 15.4. The van der Waals surface area contributed by atoms with Crippen LogP contribution in [-0.2, 0) is 17.9 Å². The largest absolute Gasteiger partial charge is 0.457 e. The maximum Gasteiger partial charge on any atom is 0.338 e. The maximum atomic E-state index is 12.4. The van der Waals surface area contributed by atoms with Crippen LogP contribution in [0.2, 0.25) is 5.02 Å². The number of hydrogen-bond donors (Lipinski definition) is 1. The Morgan fingerprint density at radius 1 is 0.897 bits per heavy atom. The number of carbonyl (C=O) groups is 1. The molecule has 0 saturated heterocycles. The first-order valence-corrected chi connectivity index (χ1v) is 9.15. The predicted octanol–water partition coefficient (Wildman–Crippen LogP) is 5.05. The topological polar surface area (TPSA) is 85.9 Å². The third-order valence-electron chi connectivity index (χ3n) is 4.22. The Morgan fingerprint density at radius 2 is 1.48 bits per heavy atom. The molecule has 0 radical (unpaired) electrons. The van der Waals surface area contributed by atoms with Crippen molar-refractivity contribution in [2.24, 2.45) is 0 Å². The van der Waals surface area contributed by atoms with Gasteiger partial charge >= 0.3 is 5.97 Å². The molecule has 0 aliphatic heterocycles. The van der Waals surface area contributed by atoms with Gasteiger partial charge in [-0.15, -0.1) is 0 Å². The monoisotopic (exact) mass is 401 g/mol. The summed E-state index contributed by atoms with van der Waals surface area (Å²) in [7, 11) is 0. The normalized spacial score (nSPS) is 9.90. The van der Waals surface area contributed by atoms with Gasteiger partial charge in [-0.05, 0) is 53.6 Å². The minimum Gasteiger partial charge on any atom is -0.457 e. The second-order valence-electron chi connectivity index (χ2n) is 6.24. The minimum atomic E-state index is -0.465. The molecule has 0 saturated carbocycles. The second-order valence-corrected chi connectivity index (χ2v) is 6.65. The van der Waals surface area contributed by atoms with Gasteiger partial charge < -0.3 is 10.1 Å². The van der Waals surface area contributed by atoms with Crippen molar-refractivity contribution in [1.29, 1.82) is 10.5 Å². The van der Waals surface area contributed by atoms with E-state index in [1.807, 2.05) is 18.2 Å². The fourth-order valence-electron chi connectivity index (χ4n) is 2.59. The van der Waals surface area contributed by atoms with Crippen molar-refractivity contribution < 1.29 is 9.53 Å². The van der Waals surface area contributed by atoms with Crippen molar-refractivity contribution in [3.63, 3.8) is 0 Å². The fraction of sp³-hybridized carbons (Fsp3) is 0.0870. The van der Waals surface area contributed by atoms with Crippen LogP contribution in [0.15, 0.2) is 66.7 Å². The second kappa shape index (κ2) is 9.41. The van der Waals surface area contributed by atoms with E-state index in [2.05, 4.69) is 11.4 Å². The quantitative estimate of drug-likeness (QED) is 0.584. The molecule has 0 bridgehead atoms. The first-order valence-electron chi connectivity index (χ1n) is 8.77. The first kappa shape index (κ1) is 19.9. The number of hydrogen-bond acceptors (Lipinski definition) is 5. The third-order valence-corrected chi connectivity index (χ3v) is 4.55. The number of nitrogens with one attached hydrogen (secondary N) is 1. The first-order chi connectivity index (χ1) is 14.1. The molecule has 3 aromatic carbocycles. The van der Waals surface area contributed by atoms with Crippen molar-refractivity contribution in [3.8, 4) is 12.1 Å². The Hall–Kier alpha value is -3.80. The molecule has 0 aromatic heterocycles. The van der Waals surface area contributed by atoms with E-state index >= 15 is 0 Å². The Balaban J connectivity index is 1.63. The van der Waals surface area contributed by atoms with Crippen LogP contribution in [-0.4, -0.2) is 5.97 Å². The molecule has 0 amide bonds. The zero-order valence-corrected chi connectivity index (χ0v) is 16.1. The van der Waals surface area contributed by atoms with Crippen LogP contribution in [0.5, 0.6) is 0 Å². The predicted molar refractivity (Wildman–Crippen MR) is 110 cm³/mol. The standard InChI is InChI=1S/C23H16ClN3O2/c24-21-10-9-20(23(28)29-15-19-7-3-17(13-26)4-8-19)11-22(21)27-14-18-5-1-16(12-25)2-6-18/h1-11,27H,14-15H2. The fourth-order valence-corrected chi connectivity index (χ4v) is 2.77. The molecule has 0 heterocycles. The van der Waals surface area contributed by atoms with Gasteiger partial charge in [-0.3, -0.25) is 0 Å². The average Bonchev–Trinajstić information content (AvgIpc) is 2.77. The zero-order chi connectivity index (χ0) is 20.6. The highest BCUT2D eigenvalue weighted by molar-refractivity contribution is 6.33. The Kier molecular flexibility index (Phi) is 6.47. The van der Waals surface area contributed by atoms with Gasteiger partial charge in [0.15, 0.2) is 0 Å². The molecule has 29 heavy (non-hydrogen) atoms. The summed E-state index contributed by atoms with van der Waals surface area (Å²) >= 11 is 6.23. The van der Waals surface area contributed by atoms with E-state index < -0.39 is 5.97 Å². The molecular formula is C23H16ClN3O2. The molecule has 3 aromatic rings. The molecule has 5 nitrogen and oxygen atoms in total. The van der Waals surface area contributed by atoms with E-state index in [0.717, 1.165) is 11.1 Å². The number of carbonyl (C=O) groups excluding carboxylic acids is 1. The smallest absolute Gasteiger partial charge is 0.338 e. The van der Waals surface area contributed by atoms with Crippen molar-refractivity contribution in [1.82, 2.24) is 0 Å². The lowest BCUT2D eigenvalue weighted by molar-refractivity contribution is 0.0473. The van der Waals surface area contributed by atoms with E-state index in [-0.39, 0.29) is 6.61 Å². The van der Waals surface area contributed by atoms with Gasteiger partial charge in [0, 0.05) is 6.54 Å². The van der Waals surface area contributed by atoms with Gasteiger partial charge in [-0.1, -0.05) is 35.9 Å². The van der Waals surface area contributed by atoms with Gasteiger partial charge in [0.25, 0.3) is 0 Å². The van der Waals surface area contributed by atoms with E-state index in [9.17, 15) is 4.79 Å². The van der Waals surface area contributed by atoms with Crippen molar-refractivity contribution in [3.05, 3.63) is 99.6 Å². The van der Waals surface area contributed by atoms with Gasteiger partial charge in [0.2, 0.25) is 0 Å². The lowest BCUT2D eigenvalue weighted by Crippen LogP contribution is -2.07. The summed E-state index contributed by atoms with van der Waals surface area (Å²) in [5.41, 5.74) is 3.92. The molecule has 0 aliphatic rings. The molecule has 0 spiro atoms. The third kappa shape index (κ3) is 5.35. The van der Waals surface area contributed by atoms with Crippen molar-refractivity contribution in [2.75, 3.05) is 5.32 Å². The van der Waals surface area contributed by atoms with E-state index in [0.29, 0.717) is 33.9 Å². The van der Waals surface area contributed by atoms with Crippen LogP contribution < -0.4 is 5.32 Å². The number of esters is 1. The number of rotatable bonds is 6. The molecule has 0 atom stereocenters. The van der Waals surface area contributed by atoms with Gasteiger partial charge in [0.05, 0.1) is 39.5 Å². The van der Waals surface area contributed by atoms with Gasteiger partial charge in [-0.25, -0.2) is 4.79 Å². The molecule has 0 fully saturated rings. The van der Waals surface area contributed by atoms with E-state index in [1.54, 1.807) is 54.6 Å². The number of benzene rings is 3. The molecule has 142 valence electrons. The molecule has 0 aliphatic carbocycles. The van der Waals surface area contributed by atoms with Crippen molar-refractivity contribution in [2.45, 2.75) is 13.2 Å². The summed E-state index contributed by atoms with van der Waals surface area (Å²) in [6.07, 6.45) is 0. The average molecular weight is 402 g/mol. The van der Waals surface area contributed by atoms with Crippen LogP contribution in [0.1, 0.15) is 32.6 Å². The molecule has 3 rings (SSSR count). The highest BCUT2D eigenvalue weighted by atomic mass is 35.5. The Bertz CT molecular complexity index is 1090. The van der Waals surface area contributed by atoms with Crippen molar-refractivity contribution >= 4 is 23.3 Å². The Labute approximate surface area is 173 Å². The highest BCUT2D eigenvalue weighted by Crippen LogP contribution is 2.24. The number of nitriles is 2. The molecule has 1 N–H and O–H groups in total. The Morgan fingerprint density at radius 3 is 2.07 bits per heavy atom. The van der Waals surface area contributed by atoms with Crippen LogP contribution in [0.25, 0.3) is 0 Å². The van der Waals surface area contributed by atoms with Gasteiger partial charge in [0.1, 0.15) is 6.61 Å². The number of anilines is 1.